The zero-order valence-corrected chi connectivity index (χ0v) is 7.70. The summed E-state index contributed by atoms with van der Waals surface area (Å²) in [6, 6.07) is -1.30. The van der Waals surface area contributed by atoms with Crippen LogP contribution in [0.4, 0.5) is 0 Å². The minimum atomic E-state index is -2.19. The highest BCUT2D eigenvalue weighted by Crippen LogP contribution is 2.26. The van der Waals surface area contributed by atoms with E-state index in [1.54, 1.807) is 0 Å². The van der Waals surface area contributed by atoms with Gasteiger partial charge in [-0.3, -0.25) is 0 Å². The Labute approximate surface area is 80.7 Å². The second kappa shape index (κ2) is 4.07. The van der Waals surface area contributed by atoms with Crippen LogP contribution in [0.5, 0.6) is 0 Å². The molecule has 1 unspecified atom stereocenters. The number of nitrogens with two attached hydrogens (primary N) is 1. The van der Waals surface area contributed by atoms with Crippen LogP contribution in [0, 0.1) is 0 Å². The zero-order chi connectivity index (χ0) is 10.9. The number of ether oxygens (including phenoxy) is 2. The fraction of sp³-hybridized carbons (Fsp3) is 1.00. The average molecular weight is 209 g/mol. The Morgan fingerprint density at radius 1 is 1.43 bits per heavy atom. The molecule has 5 atom stereocenters. The Morgan fingerprint density at radius 3 is 2.43 bits per heavy atom. The molecule has 6 N–H and O–H groups in total. The van der Waals surface area contributed by atoms with E-state index in [1.165, 1.54) is 0 Å². The van der Waals surface area contributed by atoms with Crippen molar-refractivity contribution in [1.82, 2.24) is 0 Å². The predicted octanol–water partition coefficient (Wildman–Crippen LogP) is -3.28. The average Bonchev–Trinajstić information content (AvgIpc) is 2.20. The number of aliphatic hydroxyl groups excluding tert-OH is 3. The standard InChI is InChI=1S/C7H15NO6/c1-13-7(12)6(8)5(11)4(10)3(2-9)14-7/h3-6,9-12H,2,8H2,1H3/t3-,4-,5+,6-,7?/m1/s1. The number of rotatable bonds is 2. The molecular weight excluding hydrogens is 194 g/mol. The van der Waals surface area contributed by atoms with Gasteiger partial charge in [0.15, 0.2) is 0 Å². The van der Waals surface area contributed by atoms with Crippen molar-refractivity contribution in [2.45, 2.75) is 30.3 Å². The molecule has 84 valence electrons. The highest BCUT2D eigenvalue weighted by atomic mass is 16.8. The molecular formula is C7H15NO6. The lowest BCUT2D eigenvalue weighted by atomic mass is 9.96. The van der Waals surface area contributed by atoms with Crippen LogP contribution in [0.1, 0.15) is 0 Å². The van der Waals surface area contributed by atoms with Gasteiger partial charge in [0.25, 0.3) is 5.97 Å². The van der Waals surface area contributed by atoms with Gasteiger partial charge in [0.05, 0.1) is 6.61 Å². The van der Waals surface area contributed by atoms with Crippen molar-refractivity contribution in [3.63, 3.8) is 0 Å². The first-order chi connectivity index (χ1) is 6.46. The quantitative estimate of drug-likeness (QED) is 0.302. The summed E-state index contributed by atoms with van der Waals surface area (Å²) in [7, 11) is 1.14. The maximum atomic E-state index is 9.59. The summed E-state index contributed by atoms with van der Waals surface area (Å²) in [5.41, 5.74) is 5.38. The molecule has 0 saturated carbocycles. The third-order valence-corrected chi connectivity index (χ3v) is 2.31. The first kappa shape index (κ1) is 11.8. The molecule has 1 rings (SSSR count). The lowest BCUT2D eigenvalue weighted by molar-refractivity contribution is -0.415. The predicted molar refractivity (Wildman–Crippen MR) is 43.9 cm³/mol. The Hall–Kier alpha value is -0.280. The van der Waals surface area contributed by atoms with Gasteiger partial charge in [-0.1, -0.05) is 0 Å². The summed E-state index contributed by atoms with van der Waals surface area (Å²) in [6.07, 6.45) is -3.91. The second-order valence-electron chi connectivity index (χ2n) is 3.18. The smallest absolute Gasteiger partial charge is 0.299 e. The molecule has 0 radical (unpaired) electrons. The number of hydrogen-bond donors (Lipinski definition) is 5. The van der Waals surface area contributed by atoms with Crippen LogP contribution in [0.3, 0.4) is 0 Å². The molecule has 0 aromatic heterocycles. The Morgan fingerprint density at radius 2 is 2.00 bits per heavy atom. The van der Waals surface area contributed by atoms with Crippen LogP contribution >= 0.6 is 0 Å². The summed E-state index contributed by atoms with van der Waals surface area (Å²) >= 11 is 0. The highest BCUT2D eigenvalue weighted by Gasteiger charge is 2.52. The van der Waals surface area contributed by atoms with Crippen LogP contribution < -0.4 is 5.73 Å². The van der Waals surface area contributed by atoms with Crippen LogP contribution in [-0.2, 0) is 9.47 Å². The lowest BCUT2D eigenvalue weighted by Gasteiger charge is -2.44. The van der Waals surface area contributed by atoms with Crippen LogP contribution in [0.25, 0.3) is 0 Å². The number of hydrogen-bond acceptors (Lipinski definition) is 7. The molecule has 7 heteroatoms. The van der Waals surface area contributed by atoms with Gasteiger partial charge in [-0.25, -0.2) is 0 Å². The lowest BCUT2D eigenvalue weighted by Crippen LogP contribution is -2.69. The van der Waals surface area contributed by atoms with Gasteiger partial charge in [-0.05, 0) is 0 Å². The van der Waals surface area contributed by atoms with Crippen LogP contribution in [0.2, 0.25) is 0 Å². The Kier molecular flexibility index (Phi) is 3.43. The molecule has 1 fully saturated rings. The first-order valence-corrected chi connectivity index (χ1v) is 4.14. The van der Waals surface area contributed by atoms with E-state index < -0.39 is 36.9 Å². The van der Waals surface area contributed by atoms with Gasteiger partial charge in [0, 0.05) is 7.11 Å². The van der Waals surface area contributed by atoms with Crippen LogP contribution in [-0.4, -0.2) is 64.5 Å². The van der Waals surface area contributed by atoms with Crippen molar-refractivity contribution in [3.05, 3.63) is 0 Å². The van der Waals surface area contributed by atoms with Crippen molar-refractivity contribution in [2.75, 3.05) is 13.7 Å². The third kappa shape index (κ3) is 1.75. The van der Waals surface area contributed by atoms with E-state index in [2.05, 4.69) is 4.74 Å². The SMILES string of the molecule is COC1(O)O[C@H](CO)[C@@H](O)[C@H](O)[C@H]1N. The maximum absolute atomic E-state index is 9.59. The fourth-order valence-electron chi connectivity index (χ4n) is 1.34. The van der Waals surface area contributed by atoms with E-state index >= 15 is 0 Å². The topological polar surface area (TPSA) is 125 Å². The van der Waals surface area contributed by atoms with E-state index in [-0.39, 0.29) is 0 Å². The van der Waals surface area contributed by atoms with Gasteiger partial charge in [0.2, 0.25) is 0 Å². The maximum Gasteiger partial charge on any atom is 0.299 e. The van der Waals surface area contributed by atoms with Crippen molar-refractivity contribution >= 4 is 0 Å². The van der Waals surface area contributed by atoms with E-state index in [0.717, 1.165) is 7.11 Å². The molecule has 0 aromatic carbocycles. The van der Waals surface area contributed by atoms with Crippen molar-refractivity contribution in [3.8, 4) is 0 Å². The second-order valence-corrected chi connectivity index (χ2v) is 3.18. The summed E-state index contributed by atoms with van der Waals surface area (Å²) in [4.78, 5) is 0. The molecule has 1 saturated heterocycles. The molecule has 0 amide bonds. The van der Waals surface area contributed by atoms with Gasteiger partial charge in [0.1, 0.15) is 24.4 Å². The molecule has 7 nitrogen and oxygen atoms in total. The van der Waals surface area contributed by atoms with Gasteiger partial charge >= 0.3 is 0 Å². The van der Waals surface area contributed by atoms with Crippen LogP contribution in [0.15, 0.2) is 0 Å². The van der Waals surface area contributed by atoms with E-state index in [4.69, 9.17) is 15.6 Å². The third-order valence-electron chi connectivity index (χ3n) is 2.31. The molecule has 0 bridgehead atoms. The summed E-state index contributed by atoms with van der Waals surface area (Å²) in [5.74, 6) is -2.19. The van der Waals surface area contributed by atoms with Crippen molar-refractivity contribution in [2.24, 2.45) is 5.73 Å². The molecule has 0 aliphatic carbocycles. The Bertz CT molecular complexity index is 201. The van der Waals surface area contributed by atoms with Gasteiger partial charge in [-0.2, -0.15) is 0 Å². The van der Waals surface area contributed by atoms with Gasteiger partial charge in [-0.15, -0.1) is 0 Å². The van der Waals surface area contributed by atoms with E-state index in [0.29, 0.717) is 0 Å². The highest BCUT2D eigenvalue weighted by molar-refractivity contribution is 4.94. The molecule has 1 aliphatic heterocycles. The molecule has 14 heavy (non-hydrogen) atoms. The largest absolute Gasteiger partial charge is 0.394 e. The van der Waals surface area contributed by atoms with Crippen molar-refractivity contribution < 1.29 is 29.9 Å². The summed E-state index contributed by atoms with van der Waals surface area (Å²) in [6.45, 7) is -0.559. The fourth-order valence-corrected chi connectivity index (χ4v) is 1.34. The van der Waals surface area contributed by atoms with Gasteiger partial charge < -0.3 is 35.6 Å². The zero-order valence-electron chi connectivity index (χ0n) is 7.70. The minimum Gasteiger partial charge on any atom is -0.394 e. The Balaban J connectivity index is 2.84. The number of methoxy groups -OCH3 is 1. The first-order valence-electron chi connectivity index (χ1n) is 4.14. The molecule has 0 aromatic rings. The molecule has 1 aliphatic rings. The summed E-state index contributed by atoms with van der Waals surface area (Å²) < 4.78 is 9.38. The minimum absolute atomic E-state index is 0.559. The summed E-state index contributed by atoms with van der Waals surface area (Å²) in [5, 5.41) is 37.1. The number of aliphatic hydroxyl groups is 4. The van der Waals surface area contributed by atoms with E-state index in [9.17, 15) is 15.3 Å². The van der Waals surface area contributed by atoms with Crippen molar-refractivity contribution in [1.29, 1.82) is 0 Å². The normalized spacial score (nSPS) is 49.3. The molecule has 1 heterocycles. The molecule has 0 spiro atoms. The van der Waals surface area contributed by atoms with E-state index in [1.807, 2.05) is 0 Å². The monoisotopic (exact) mass is 209 g/mol.